The van der Waals surface area contributed by atoms with Crippen molar-refractivity contribution in [2.75, 3.05) is 20.8 Å². The van der Waals surface area contributed by atoms with Crippen molar-refractivity contribution in [1.29, 1.82) is 0 Å². The van der Waals surface area contributed by atoms with E-state index in [0.29, 0.717) is 6.61 Å². The summed E-state index contributed by atoms with van der Waals surface area (Å²) in [6, 6.07) is 0. The van der Waals surface area contributed by atoms with E-state index >= 15 is 0 Å². The van der Waals surface area contributed by atoms with E-state index in [9.17, 15) is 0 Å². The van der Waals surface area contributed by atoms with Crippen LogP contribution in [-0.4, -0.2) is 32.5 Å². The number of rotatable bonds is 4. The zero-order valence-corrected chi connectivity index (χ0v) is 9.24. The number of methoxy groups -OCH3 is 2. The molecule has 0 aromatic carbocycles. The summed E-state index contributed by atoms with van der Waals surface area (Å²) in [5.41, 5.74) is -0.427. The summed E-state index contributed by atoms with van der Waals surface area (Å²) < 4.78 is 16.3. The first-order valence-electron chi connectivity index (χ1n) is 4.78. The quantitative estimate of drug-likeness (QED) is 0.690. The van der Waals surface area contributed by atoms with Crippen molar-refractivity contribution in [1.82, 2.24) is 0 Å². The van der Waals surface area contributed by atoms with Crippen LogP contribution in [0.2, 0.25) is 0 Å². The number of ether oxygens (including phenoxy) is 3. The number of hydrogen-bond donors (Lipinski definition) is 0. The van der Waals surface area contributed by atoms with Crippen LogP contribution < -0.4 is 0 Å². The van der Waals surface area contributed by atoms with Gasteiger partial charge < -0.3 is 14.2 Å². The van der Waals surface area contributed by atoms with E-state index < -0.39 is 5.60 Å². The van der Waals surface area contributed by atoms with E-state index in [0.717, 1.165) is 5.76 Å². The lowest BCUT2D eigenvalue weighted by molar-refractivity contribution is -0.0939. The molecule has 0 aliphatic heterocycles. The van der Waals surface area contributed by atoms with Crippen LogP contribution in [0.1, 0.15) is 13.8 Å². The first-order valence-corrected chi connectivity index (χ1v) is 4.78. The maximum atomic E-state index is 5.67. The molecule has 0 N–H and O–H groups in total. The molecule has 2 atom stereocenters. The Morgan fingerprint density at radius 1 is 1.43 bits per heavy atom. The van der Waals surface area contributed by atoms with E-state index in [1.807, 2.05) is 32.1 Å². The minimum absolute atomic E-state index is 0.169. The summed E-state index contributed by atoms with van der Waals surface area (Å²) in [6.45, 7) is 4.61. The van der Waals surface area contributed by atoms with Gasteiger partial charge in [0.2, 0.25) is 0 Å². The summed E-state index contributed by atoms with van der Waals surface area (Å²) >= 11 is 0. The van der Waals surface area contributed by atoms with Crippen LogP contribution in [0.4, 0.5) is 0 Å². The van der Waals surface area contributed by atoms with E-state index in [4.69, 9.17) is 14.2 Å². The summed E-state index contributed by atoms with van der Waals surface area (Å²) in [7, 11) is 3.30. The average molecular weight is 198 g/mol. The molecule has 80 valence electrons. The first-order chi connectivity index (χ1) is 6.68. The summed E-state index contributed by atoms with van der Waals surface area (Å²) in [5, 5.41) is 0. The van der Waals surface area contributed by atoms with Gasteiger partial charge in [0.05, 0.1) is 7.11 Å². The smallest absolute Gasteiger partial charge is 0.146 e. The Bertz CT molecular complexity index is 245. The Balaban J connectivity index is 2.88. The topological polar surface area (TPSA) is 27.7 Å². The van der Waals surface area contributed by atoms with Crippen molar-refractivity contribution in [3.8, 4) is 0 Å². The van der Waals surface area contributed by atoms with Gasteiger partial charge in [0.1, 0.15) is 17.5 Å². The molecule has 3 heteroatoms. The molecule has 0 fully saturated rings. The zero-order chi connectivity index (χ0) is 10.6. The minimum Gasteiger partial charge on any atom is -0.498 e. The van der Waals surface area contributed by atoms with Crippen LogP contribution in [0.5, 0.6) is 0 Å². The molecule has 0 radical (unpaired) electrons. The van der Waals surface area contributed by atoms with E-state index in [1.54, 1.807) is 14.2 Å². The molecule has 0 amide bonds. The largest absolute Gasteiger partial charge is 0.498 e. The molecule has 0 saturated heterocycles. The fourth-order valence-electron chi connectivity index (χ4n) is 1.75. The highest BCUT2D eigenvalue weighted by atomic mass is 16.6. The van der Waals surface area contributed by atoms with Gasteiger partial charge in [0.25, 0.3) is 0 Å². The van der Waals surface area contributed by atoms with Gasteiger partial charge in [0, 0.05) is 13.7 Å². The Morgan fingerprint density at radius 2 is 2.14 bits per heavy atom. The summed E-state index contributed by atoms with van der Waals surface area (Å²) in [5.74, 6) is 0.797. The normalized spacial score (nSPS) is 31.4. The Hall–Kier alpha value is -0.800. The lowest BCUT2D eigenvalue weighted by Gasteiger charge is -2.36. The molecular formula is C11H18O3. The highest BCUT2D eigenvalue weighted by molar-refractivity contribution is 5.26. The Morgan fingerprint density at radius 3 is 2.64 bits per heavy atom. The van der Waals surface area contributed by atoms with Crippen molar-refractivity contribution in [3.05, 3.63) is 24.0 Å². The third-order valence-electron chi connectivity index (χ3n) is 2.39. The van der Waals surface area contributed by atoms with Crippen LogP contribution in [0.25, 0.3) is 0 Å². The van der Waals surface area contributed by atoms with Gasteiger partial charge in [-0.2, -0.15) is 0 Å². The van der Waals surface area contributed by atoms with Gasteiger partial charge in [-0.3, -0.25) is 0 Å². The fraction of sp³-hybridized carbons (Fsp3) is 0.636. The van der Waals surface area contributed by atoms with Crippen LogP contribution in [0.3, 0.4) is 0 Å². The minimum atomic E-state index is -0.427. The maximum absolute atomic E-state index is 5.67. The third-order valence-corrected chi connectivity index (χ3v) is 2.39. The van der Waals surface area contributed by atoms with Crippen LogP contribution in [-0.2, 0) is 14.2 Å². The lowest BCUT2D eigenvalue weighted by atomic mass is 9.92. The van der Waals surface area contributed by atoms with Gasteiger partial charge in [-0.1, -0.05) is 6.08 Å². The van der Waals surface area contributed by atoms with Crippen molar-refractivity contribution >= 4 is 0 Å². The third kappa shape index (κ3) is 1.99. The zero-order valence-electron chi connectivity index (χ0n) is 9.24. The van der Waals surface area contributed by atoms with Crippen molar-refractivity contribution in [3.63, 3.8) is 0 Å². The highest BCUT2D eigenvalue weighted by Crippen LogP contribution is 2.29. The second kappa shape index (κ2) is 4.62. The Labute approximate surface area is 85.3 Å². The van der Waals surface area contributed by atoms with Gasteiger partial charge in [-0.25, -0.2) is 0 Å². The van der Waals surface area contributed by atoms with Gasteiger partial charge in [-0.15, -0.1) is 0 Å². The molecule has 0 aromatic heterocycles. The van der Waals surface area contributed by atoms with Crippen LogP contribution in [0, 0.1) is 0 Å². The molecule has 0 heterocycles. The molecule has 0 spiro atoms. The van der Waals surface area contributed by atoms with Gasteiger partial charge >= 0.3 is 0 Å². The van der Waals surface area contributed by atoms with Crippen LogP contribution >= 0.6 is 0 Å². The fourth-order valence-corrected chi connectivity index (χ4v) is 1.75. The molecule has 1 aliphatic rings. The van der Waals surface area contributed by atoms with Gasteiger partial charge in [0.15, 0.2) is 0 Å². The molecule has 3 nitrogen and oxygen atoms in total. The second-order valence-corrected chi connectivity index (χ2v) is 3.36. The van der Waals surface area contributed by atoms with Crippen molar-refractivity contribution in [2.24, 2.45) is 0 Å². The SMILES string of the molecule is CCOC1(C)C=CC=C(OC)C1OC. The molecule has 0 aromatic rings. The first kappa shape index (κ1) is 11.3. The molecule has 1 rings (SSSR count). The summed E-state index contributed by atoms with van der Waals surface area (Å²) in [6.07, 6.45) is 5.66. The van der Waals surface area contributed by atoms with Gasteiger partial charge in [-0.05, 0) is 26.0 Å². The van der Waals surface area contributed by atoms with E-state index in [2.05, 4.69) is 0 Å². The lowest BCUT2D eigenvalue weighted by Crippen LogP contribution is -2.44. The molecule has 14 heavy (non-hydrogen) atoms. The maximum Gasteiger partial charge on any atom is 0.146 e. The van der Waals surface area contributed by atoms with Crippen molar-refractivity contribution in [2.45, 2.75) is 25.6 Å². The van der Waals surface area contributed by atoms with Crippen molar-refractivity contribution < 1.29 is 14.2 Å². The average Bonchev–Trinajstić information content (AvgIpc) is 2.17. The number of hydrogen-bond acceptors (Lipinski definition) is 3. The second-order valence-electron chi connectivity index (χ2n) is 3.36. The standard InChI is InChI=1S/C11H18O3/c1-5-14-11(2)8-6-7-9(12-3)10(11)13-4/h6-8,10H,5H2,1-4H3. The summed E-state index contributed by atoms with van der Waals surface area (Å²) in [4.78, 5) is 0. The molecule has 0 bridgehead atoms. The Kier molecular flexibility index (Phi) is 3.72. The molecule has 2 unspecified atom stereocenters. The van der Waals surface area contributed by atoms with E-state index in [-0.39, 0.29) is 6.10 Å². The predicted molar refractivity (Wildman–Crippen MR) is 55.1 cm³/mol. The predicted octanol–water partition coefficient (Wildman–Crippen LogP) is 1.90. The highest BCUT2D eigenvalue weighted by Gasteiger charge is 2.38. The molecule has 0 saturated carbocycles. The van der Waals surface area contributed by atoms with E-state index in [1.165, 1.54) is 0 Å². The number of allylic oxidation sites excluding steroid dienone is 2. The molecular weight excluding hydrogens is 180 g/mol. The van der Waals surface area contributed by atoms with Crippen LogP contribution in [0.15, 0.2) is 24.0 Å². The monoisotopic (exact) mass is 198 g/mol. The molecule has 1 aliphatic carbocycles.